The average molecular weight is 648 g/mol. The van der Waals surface area contributed by atoms with Gasteiger partial charge in [0.25, 0.3) is 0 Å². The van der Waals surface area contributed by atoms with Gasteiger partial charge in [0.15, 0.2) is 11.2 Å². The van der Waals surface area contributed by atoms with E-state index in [0.717, 1.165) is 73.5 Å². The van der Waals surface area contributed by atoms with Gasteiger partial charge in [0, 0.05) is 38.7 Å². The fraction of sp³-hybridized carbons (Fsp3) is 0.200. The third kappa shape index (κ3) is 4.17. The summed E-state index contributed by atoms with van der Waals surface area (Å²) in [5.41, 5.74) is 9.67. The molecule has 0 amide bonds. The number of rotatable bonds is 3. The first kappa shape index (κ1) is 28.9. The van der Waals surface area contributed by atoms with E-state index in [4.69, 9.17) is 8.83 Å². The van der Waals surface area contributed by atoms with E-state index in [-0.39, 0.29) is 23.9 Å². The topological polar surface area (TPSA) is 77.1 Å². The molecule has 0 fully saturated rings. The Morgan fingerprint density at radius 2 is 1.56 bits per heavy atom. The SMILES string of the molecule is CC1CC=CCC1c1ccc2oc3c(ccc4c5cc(C6=CC=CC(C#N)C6N6c7ccccc7C7C=C(C#N)C=CC76)ccc5oc43)c2c1. The highest BCUT2D eigenvalue weighted by Crippen LogP contribution is 2.50. The lowest BCUT2D eigenvalue weighted by Gasteiger charge is -2.40. The molecule has 5 nitrogen and oxygen atoms in total. The first-order valence-corrected chi connectivity index (χ1v) is 17.5. The predicted molar refractivity (Wildman–Crippen MR) is 200 cm³/mol. The molecule has 3 aliphatic carbocycles. The average Bonchev–Trinajstić information content (AvgIpc) is 3.83. The summed E-state index contributed by atoms with van der Waals surface area (Å²) in [5.74, 6) is 0.805. The highest BCUT2D eigenvalue weighted by Gasteiger charge is 2.44. The highest BCUT2D eigenvalue weighted by molar-refractivity contribution is 6.19. The number of hydrogen-bond donors (Lipinski definition) is 0. The Bertz CT molecular complexity index is 2650. The molecule has 10 rings (SSSR count). The number of furan rings is 2. The minimum atomic E-state index is -0.360. The fourth-order valence-electron chi connectivity index (χ4n) is 9.07. The van der Waals surface area contributed by atoms with Crippen molar-refractivity contribution in [1.29, 1.82) is 10.5 Å². The molecule has 5 heteroatoms. The molecule has 0 bridgehead atoms. The monoisotopic (exact) mass is 647 g/mol. The van der Waals surface area contributed by atoms with Gasteiger partial charge < -0.3 is 13.7 Å². The number of benzene rings is 4. The third-order valence-electron chi connectivity index (χ3n) is 11.5. The second-order valence-corrected chi connectivity index (χ2v) is 14.2. The number of fused-ring (bicyclic) bond motifs is 10. The lowest BCUT2D eigenvalue weighted by Crippen LogP contribution is -2.46. The van der Waals surface area contributed by atoms with Crippen molar-refractivity contribution in [3.05, 3.63) is 144 Å². The summed E-state index contributed by atoms with van der Waals surface area (Å²) in [6, 6.07) is 30.5. The van der Waals surface area contributed by atoms with E-state index in [0.29, 0.717) is 17.4 Å². The van der Waals surface area contributed by atoms with E-state index in [1.807, 2.05) is 18.2 Å². The molecule has 2 aromatic heterocycles. The molecule has 4 aliphatic rings. The van der Waals surface area contributed by atoms with E-state index < -0.39 is 0 Å². The first-order chi connectivity index (χ1) is 24.6. The van der Waals surface area contributed by atoms with Gasteiger partial charge in [0.05, 0.1) is 30.1 Å². The van der Waals surface area contributed by atoms with E-state index in [1.165, 1.54) is 11.1 Å². The van der Waals surface area contributed by atoms with Gasteiger partial charge in [-0.2, -0.15) is 10.5 Å². The second kappa shape index (κ2) is 11.0. The van der Waals surface area contributed by atoms with Crippen LogP contribution in [0.5, 0.6) is 0 Å². The Labute approximate surface area is 290 Å². The summed E-state index contributed by atoms with van der Waals surface area (Å²) in [4.78, 5) is 2.40. The third-order valence-corrected chi connectivity index (χ3v) is 11.5. The van der Waals surface area contributed by atoms with Crippen LogP contribution in [0, 0.1) is 34.5 Å². The Hall–Kier alpha value is -6.04. The van der Waals surface area contributed by atoms with Crippen LogP contribution in [0.1, 0.15) is 48.3 Å². The normalized spacial score (nSPS) is 25.5. The molecule has 6 aromatic rings. The molecule has 0 saturated heterocycles. The maximum atomic E-state index is 10.5. The highest BCUT2D eigenvalue weighted by atomic mass is 16.4. The molecule has 3 heterocycles. The van der Waals surface area contributed by atoms with Gasteiger partial charge in [-0.1, -0.05) is 79.8 Å². The Morgan fingerprint density at radius 3 is 2.34 bits per heavy atom. The van der Waals surface area contributed by atoms with E-state index >= 15 is 0 Å². The van der Waals surface area contributed by atoms with Crippen molar-refractivity contribution in [3.8, 4) is 12.1 Å². The maximum Gasteiger partial charge on any atom is 0.178 e. The van der Waals surface area contributed by atoms with Gasteiger partial charge in [-0.25, -0.2) is 0 Å². The molecule has 1 aliphatic heterocycles. The number of para-hydroxylation sites is 1. The van der Waals surface area contributed by atoms with Gasteiger partial charge >= 0.3 is 0 Å². The molecular weight excluding hydrogens is 615 g/mol. The van der Waals surface area contributed by atoms with E-state index in [1.54, 1.807) is 0 Å². The first-order valence-electron chi connectivity index (χ1n) is 17.5. The summed E-state index contributed by atoms with van der Waals surface area (Å²) >= 11 is 0. The Kier molecular flexibility index (Phi) is 6.36. The fourth-order valence-corrected chi connectivity index (χ4v) is 9.07. The summed E-state index contributed by atoms with van der Waals surface area (Å²) in [5, 5.41) is 24.4. The zero-order valence-electron chi connectivity index (χ0n) is 27.6. The van der Waals surface area contributed by atoms with Crippen molar-refractivity contribution in [3.63, 3.8) is 0 Å². The summed E-state index contributed by atoms with van der Waals surface area (Å²) in [6.07, 6.45) is 19.1. The summed E-state index contributed by atoms with van der Waals surface area (Å²) < 4.78 is 13.1. The maximum absolute atomic E-state index is 10.5. The molecule has 4 aromatic carbocycles. The zero-order valence-corrected chi connectivity index (χ0v) is 27.6. The standard InChI is InChI=1S/C45H33N3O2/c1-26-7-2-3-9-31(26)28-14-19-41-37(22-28)34-16-17-35-38-23-29(15-20-42(38)50-45(35)44(34)49-41)32-11-6-8-30(25-47)43(32)48-39-12-5-4-10-33(39)36-21-27(24-46)13-18-40(36)48/h2-6,8,10-23,26,30-31,36,40,43H,7,9H2,1H3. The minimum absolute atomic E-state index is 0.00147. The van der Waals surface area contributed by atoms with E-state index in [2.05, 4.69) is 127 Å². The van der Waals surface area contributed by atoms with Crippen molar-refractivity contribution < 1.29 is 8.83 Å². The van der Waals surface area contributed by atoms with Crippen LogP contribution in [0.4, 0.5) is 5.69 Å². The lowest BCUT2D eigenvalue weighted by atomic mass is 9.79. The number of anilines is 1. The van der Waals surface area contributed by atoms with Crippen LogP contribution in [-0.4, -0.2) is 12.1 Å². The van der Waals surface area contributed by atoms with Gasteiger partial charge in [0.1, 0.15) is 11.2 Å². The molecule has 240 valence electrons. The minimum Gasteiger partial charge on any atom is -0.452 e. The zero-order chi connectivity index (χ0) is 33.5. The van der Waals surface area contributed by atoms with Gasteiger partial charge in [-0.05, 0) is 95.5 Å². The van der Waals surface area contributed by atoms with Crippen molar-refractivity contribution in [2.24, 2.45) is 11.8 Å². The van der Waals surface area contributed by atoms with Gasteiger partial charge in [-0.3, -0.25) is 0 Å². The molecule has 0 spiro atoms. The van der Waals surface area contributed by atoms with Crippen LogP contribution in [0.2, 0.25) is 0 Å². The van der Waals surface area contributed by atoms with Crippen LogP contribution in [0.15, 0.2) is 136 Å². The van der Waals surface area contributed by atoms with Crippen LogP contribution >= 0.6 is 0 Å². The summed E-state index contributed by atoms with van der Waals surface area (Å²) in [7, 11) is 0. The smallest absolute Gasteiger partial charge is 0.178 e. The van der Waals surface area contributed by atoms with Crippen molar-refractivity contribution >= 4 is 55.1 Å². The summed E-state index contributed by atoms with van der Waals surface area (Å²) in [6.45, 7) is 2.34. The number of nitrogens with zero attached hydrogens (tertiary/aromatic N) is 3. The lowest BCUT2D eigenvalue weighted by molar-refractivity contribution is 0.449. The molecular formula is C45H33N3O2. The quantitative estimate of drug-likeness (QED) is 0.179. The predicted octanol–water partition coefficient (Wildman–Crippen LogP) is 11.0. The van der Waals surface area contributed by atoms with Crippen LogP contribution in [-0.2, 0) is 0 Å². The second-order valence-electron chi connectivity index (χ2n) is 14.2. The Morgan fingerprint density at radius 1 is 0.800 bits per heavy atom. The van der Waals surface area contributed by atoms with Crippen LogP contribution < -0.4 is 4.90 Å². The number of nitriles is 2. The van der Waals surface area contributed by atoms with Crippen LogP contribution in [0.25, 0.3) is 49.5 Å². The largest absolute Gasteiger partial charge is 0.452 e. The molecule has 6 atom stereocenters. The molecule has 0 radical (unpaired) electrons. The number of allylic oxidation sites excluding steroid dienone is 6. The van der Waals surface area contributed by atoms with E-state index in [9.17, 15) is 10.5 Å². The number of hydrogen-bond acceptors (Lipinski definition) is 5. The Balaban J connectivity index is 1.09. The van der Waals surface area contributed by atoms with Gasteiger partial charge in [0.2, 0.25) is 0 Å². The molecule has 50 heavy (non-hydrogen) atoms. The van der Waals surface area contributed by atoms with Crippen molar-refractivity contribution in [2.75, 3.05) is 4.90 Å². The molecule has 0 N–H and O–H groups in total. The molecule has 0 saturated carbocycles. The van der Waals surface area contributed by atoms with Crippen LogP contribution in [0.3, 0.4) is 0 Å². The molecule has 6 unspecified atom stereocenters. The van der Waals surface area contributed by atoms with Crippen molar-refractivity contribution in [1.82, 2.24) is 0 Å². The van der Waals surface area contributed by atoms with Crippen molar-refractivity contribution in [2.45, 2.75) is 43.7 Å². The van der Waals surface area contributed by atoms with Gasteiger partial charge in [-0.15, -0.1) is 0 Å².